The van der Waals surface area contributed by atoms with Crippen LogP contribution < -0.4 is 5.32 Å². The third-order valence-electron chi connectivity index (χ3n) is 2.97. The Bertz CT molecular complexity index is 602. The Morgan fingerprint density at radius 1 is 1.33 bits per heavy atom. The summed E-state index contributed by atoms with van der Waals surface area (Å²) in [5.74, 6) is -0.284. The van der Waals surface area contributed by atoms with E-state index >= 15 is 0 Å². The molecule has 2 heterocycles. The van der Waals surface area contributed by atoms with Crippen molar-refractivity contribution in [2.45, 2.75) is 20.1 Å². The van der Waals surface area contributed by atoms with Crippen LogP contribution in [0.25, 0.3) is 0 Å². The molecule has 2 aromatic rings. The minimum absolute atomic E-state index is 0.284. The molecule has 0 radical (unpaired) electrons. The van der Waals surface area contributed by atoms with Crippen LogP contribution in [-0.4, -0.2) is 11.0 Å². The van der Waals surface area contributed by atoms with E-state index in [1.165, 1.54) is 0 Å². The molecular formula is C13H12N2O2S. The van der Waals surface area contributed by atoms with Gasteiger partial charge in [0.05, 0.1) is 11.3 Å². The number of thiazole rings is 1. The molecule has 1 aromatic heterocycles. The highest BCUT2D eigenvalue weighted by molar-refractivity contribution is 7.15. The van der Waals surface area contributed by atoms with E-state index in [-0.39, 0.29) is 5.97 Å². The number of cyclic esters (lactones) is 1. The van der Waals surface area contributed by atoms with Gasteiger partial charge < -0.3 is 10.1 Å². The second-order valence-corrected chi connectivity index (χ2v) is 5.38. The van der Waals surface area contributed by atoms with Crippen LogP contribution in [0.4, 0.5) is 5.13 Å². The van der Waals surface area contributed by atoms with E-state index in [2.05, 4.69) is 10.3 Å². The Morgan fingerprint density at radius 3 is 2.83 bits per heavy atom. The van der Waals surface area contributed by atoms with E-state index in [1.54, 1.807) is 17.4 Å². The molecule has 1 unspecified atom stereocenters. The van der Waals surface area contributed by atoms with Gasteiger partial charge in [-0.1, -0.05) is 18.2 Å². The first-order chi connectivity index (χ1) is 8.65. The summed E-state index contributed by atoms with van der Waals surface area (Å²) in [5.41, 5.74) is 2.49. The van der Waals surface area contributed by atoms with E-state index < -0.39 is 6.23 Å². The molecule has 1 N–H and O–H groups in total. The molecule has 1 aliphatic rings. The highest BCUT2D eigenvalue weighted by Crippen LogP contribution is 2.33. The summed E-state index contributed by atoms with van der Waals surface area (Å²) in [5, 5.41) is 3.93. The summed E-state index contributed by atoms with van der Waals surface area (Å²) in [7, 11) is 0. The van der Waals surface area contributed by atoms with Crippen LogP contribution in [0, 0.1) is 13.8 Å². The summed E-state index contributed by atoms with van der Waals surface area (Å²) < 4.78 is 5.30. The van der Waals surface area contributed by atoms with Gasteiger partial charge in [-0.2, -0.15) is 0 Å². The Labute approximate surface area is 109 Å². The van der Waals surface area contributed by atoms with E-state index in [9.17, 15) is 4.79 Å². The van der Waals surface area contributed by atoms with Crippen LogP contribution in [-0.2, 0) is 4.74 Å². The van der Waals surface area contributed by atoms with Crippen LogP contribution >= 0.6 is 11.3 Å². The lowest BCUT2D eigenvalue weighted by Crippen LogP contribution is -2.09. The lowest BCUT2D eigenvalue weighted by molar-refractivity contribution is 0.0437. The summed E-state index contributed by atoms with van der Waals surface area (Å²) in [6.45, 7) is 3.98. The number of carbonyl (C=O) groups is 1. The fraction of sp³-hybridized carbons (Fsp3) is 0.231. The first-order valence-corrected chi connectivity index (χ1v) is 6.47. The molecule has 0 spiro atoms. The quantitative estimate of drug-likeness (QED) is 0.843. The van der Waals surface area contributed by atoms with Gasteiger partial charge in [0.15, 0.2) is 5.13 Å². The Hall–Kier alpha value is -1.88. The lowest BCUT2D eigenvalue weighted by atomic mass is 10.1. The lowest BCUT2D eigenvalue weighted by Gasteiger charge is -2.11. The number of hydrogen-bond acceptors (Lipinski definition) is 5. The van der Waals surface area contributed by atoms with Gasteiger partial charge in [0.1, 0.15) is 0 Å². The number of aromatic nitrogens is 1. The van der Waals surface area contributed by atoms with E-state index in [0.717, 1.165) is 21.3 Å². The van der Waals surface area contributed by atoms with Crippen molar-refractivity contribution >= 4 is 22.4 Å². The van der Waals surface area contributed by atoms with E-state index in [4.69, 9.17) is 4.74 Å². The van der Waals surface area contributed by atoms with Crippen molar-refractivity contribution in [2.24, 2.45) is 0 Å². The number of ether oxygens (including phenoxy) is 1. The number of nitrogens with zero attached hydrogens (tertiary/aromatic N) is 1. The Kier molecular flexibility index (Phi) is 2.56. The third-order valence-corrected chi connectivity index (χ3v) is 3.98. The zero-order valence-corrected chi connectivity index (χ0v) is 10.9. The van der Waals surface area contributed by atoms with Crippen molar-refractivity contribution in [1.29, 1.82) is 0 Å². The van der Waals surface area contributed by atoms with Crippen molar-refractivity contribution in [3.8, 4) is 0 Å². The van der Waals surface area contributed by atoms with Crippen LogP contribution in [0.1, 0.15) is 32.7 Å². The SMILES string of the molecule is Cc1nc(NC2OC(=O)c3ccccc32)sc1C. The molecule has 1 atom stereocenters. The predicted molar refractivity (Wildman–Crippen MR) is 69.8 cm³/mol. The monoisotopic (exact) mass is 260 g/mol. The van der Waals surface area contributed by atoms with Crippen molar-refractivity contribution < 1.29 is 9.53 Å². The zero-order valence-electron chi connectivity index (χ0n) is 10.1. The van der Waals surface area contributed by atoms with Crippen molar-refractivity contribution in [1.82, 2.24) is 4.98 Å². The van der Waals surface area contributed by atoms with E-state index in [1.807, 2.05) is 32.0 Å². The smallest absolute Gasteiger partial charge is 0.340 e. The number of rotatable bonds is 2. The van der Waals surface area contributed by atoms with Crippen molar-refractivity contribution in [3.05, 3.63) is 46.0 Å². The number of anilines is 1. The summed E-state index contributed by atoms with van der Waals surface area (Å²) in [4.78, 5) is 17.2. The van der Waals surface area contributed by atoms with Crippen LogP contribution in [0.15, 0.2) is 24.3 Å². The number of aryl methyl sites for hydroxylation is 2. The number of nitrogens with one attached hydrogen (secondary N) is 1. The number of carbonyl (C=O) groups excluding carboxylic acids is 1. The molecule has 1 aromatic carbocycles. The summed E-state index contributed by atoms with van der Waals surface area (Å²) in [6, 6.07) is 7.40. The summed E-state index contributed by atoms with van der Waals surface area (Å²) in [6.07, 6.45) is -0.432. The highest BCUT2D eigenvalue weighted by atomic mass is 32.1. The predicted octanol–water partition coefficient (Wildman–Crippen LogP) is 3.04. The molecule has 0 fully saturated rings. The maximum absolute atomic E-state index is 11.7. The number of fused-ring (bicyclic) bond motifs is 1. The highest BCUT2D eigenvalue weighted by Gasteiger charge is 2.30. The van der Waals surface area contributed by atoms with Gasteiger partial charge in [0.2, 0.25) is 6.23 Å². The van der Waals surface area contributed by atoms with Crippen molar-refractivity contribution in [2.75, 3.05) is 5.32 Å². The molecule has 92 valence electrons. The molecule has 18 heavy (non-hydrogen) atoms. The van der Waals surface area contributed by atoms with E-state index in [0.29, 0.717) is 5.56 Å². The Balaban J connectivity index is 1.89. The molecular weight excluding hydrogens is 248 g/mol. The fourth-order valence-electron chi connectivity index (χ4n) is 1.90. The van der Waals surface area contributed by atoms with Gasteiger partial charge in [-0.15, -0.1) is 11.3 Å². The zero-order chi connectivity index (χ0) is 12.7. The average Bonchev–Trinajstić information content (AvgIpc) is 2.83. The minimum Gasteiger partial charge on any atom is -0.434 e. The normalized spacial score (nSPS) is 17.4. The minimum atomic E-state index is -0.432. The molecule has 4 nitrogen and oxygen atoms in total. The number of esters is 1. The van der Waals surface area contributed by atoms with Gasteiger partial charge >= 0.3 is 5.97 Å². The molecule has 0 aliphatic carbocycles. The van der Waals surface area contributed by atoms with Gasteiger partial charge in [-0.05, 0) is 19.9 Å². The van der Waals surface area contributed by atoms with Crippen LogP contribution in [0.5, 0.6) is 0 Å². The maximum Gasteiger partial charge on any atom is 0.340 e. The molecule has 3 rings (SSSR count). The van der Waals surface area contributed by atoms with Gasteiger partial charge in [0, 0.05) is 10.4 Å². The molecule has 5 heteroatoms. The number of benzene rings is 1. The molecule has 0 saturated carbocycles. The summed E-state index contributed by atoms with van der Waals surface area (Å²) >= 11 is 1.56. The standard InChI is InChI=1S/C13H12N2O2S/c1-7-8(2)18-13(14-7)15-11-9-5-3-4-6-10(9)12(16)17-11/h3-6,11H,1-2H3,(H,14,15). The average molecular weight is 260 g/mol. The van der Waals surface area contributed by atoms with Crippen molar-refractivity contribution in [3.63, 3.8) is 0 Å². The largest absolute Gasteiger partial charge is 0.434 e. The van der Waals surface area contributed by atoms with Gasteiger partial charge in [0.25, 0.3) is 0 Å². The van der Waals surface area contributed by atoms with Crippen LogP contribution in [0.2, 0.25) is 0 Å². The molecule has 0 amide bonds. The molecule has 0 bridgehead atoms. The third kappa shape index (κ3) is 1.76. The maximum atomic E-state index is 11.7. The topological polar surface area (TPSA) is 51.2 Å². The Morgan fingerprint density at radius 2 is 2.11 bits per heavy atom. The van der Waals surface area contributed by atoms with Gasteiger partial charge in [-0.25, -0.2) is 9.78 Å². The fourth-order valence-corrected chi connectivity index (χ4v) is 2.73. The first kappa shape index (κ1) is 11.2. The number of hydrogen-bond donors (Lipinski definition) is 1. The molecule has 1 aliphatic heterocycles. The van der Waals surface area contributed by atoms with Gasteiger partial charge in [-0.3, -0.25) is 0 Å². The van der Waals surface area contributed by atoms with Crippen LogP contribution in [0.3, 0.4) is 0 Å². The molecule has 0 saturated heterocycles. The second-order valence-electron chi connectivity index (χ2n) is 4.18. The first-order valence-electron chi connectivity index (χ1n) is 5.65. The second kappa shape index (κ2) is 4.10.